The number of halogens is 1. The van der Waals surface area contributed by atoms with Gasteiger partial charge in [0.1, 0.15) is 11.2 Å². The van der Waals surface area contributed by atoms with Crippen molar-refractivity contribution in [3.63, 3.8) is 0 Å². The van der Waals surface area contributed by atoms with Crippen LogP contribution in [0, 0.1) is 25.1 Å². The number of hydrogen-bond donors (Lipinski definition) is 2. The molecule has 1 aliphatic carbocycles. The fourth-order valence-corrected chi connectivity index (χ4v) is 2.31. The molecule has 1 aliphatic rings. The number of carbonyl (C=O) groups excluding carboxylic acids is 1. The van der Waals surface area contributed by atoms with Crippen molar-refractivity contribution >= 4 is 11.9 Å². The number of hydrogen-bond acceptors (Lipinski definition) is 2. The standard InChI is InChI=1S/C15H18FNO3/c1-8-6-11(7-9(2)12(8)16)10(3)17-13(18)15(4-5-15)14(19)20/h6-7,10H,4-5H2,1-3H3,(H,17,18)(H,19,20)/t10-/m0/s1. The summed E-state index contributed by atoms with van der Waals surface area (Å²) >= 11 is 0. The van der Waals surface area contributed by atoms with Crippen LogP contribution in [0.25, 0.3) is 0 Å². The van der Waals surface area contributed by atoms with Crippen LogP contribution in [-0.2, 0) is 9.59 Å². The number of carboxylic acids is 1. The molecule has 1 atom stereocenters. The lowest BCUT2D eigenvalue weighted by atomic mass is 10.00. The molecule has 0 heterocycles. The third kappa shape index (κ3) is 2.40. The predicted octanol–water partition coefficient (Wildman–Crippen LogP) is 2.48. The quantitative estimate of drug-likeness (QED) is 0.832. The molecule has 0 aromatic heterocycles. The first-order valence-electron chi connectivity index (χ1n) is 6.59. The normalized spacial score (nSPS) is 17.4. The van der Waals surface area contributed by atoms with E-state index >= 15 is 0 Å². The predicted molar refractivity (Wildman–Crippen MR) is 71.7 cm³/mol. The van der Waals surface area contributed by atoms with E-state index in [1.165, 1.54) is 0 Å². The molecule has 4 nitrogen and oxygen atoms in total. The van der Waals surface area contributed by atoms with Crippen LogP contribution in [0.1, 0.15) is 42.5 Å². The van der Waals surface area contributed by atoms with Gasteiger partial charge in [0.15, 0.2) is 0 Å². The molecule has 1 aromatic carbocycles. The van der Waals surface area contributed by atoms with Crippen molar-refractivity contribution in [3.05, 3.63) is 34.6 Å². The fraction of sp³-hybridized carbons (Fsp3) is 0.467. The molecular formula is C15H18FNO3. The summed E-state index contributed by atoms with van der Waals surface area (Å²) < 4.78 is 13.6. The monoisotopic (exact) mass is 279 g/mol. The van der Waals surface area contributed by atoms with Crippen molar-refractivity contribution in [2.24, 2.45) is 5.41 Å². The van der Waals surface area contributed by atoms with Crippen LogP contribution < -0.4 is 5.32 Å². The minimum absolute atomic E-state index is 0.253. The summed E-state index contributed by atoms with van der Waals surface area (Å²) in [6, 6.07) is 3.00. The highest BCUT2D eigenvalue weighted by Gasteiger charge is 2.57. The Hall–Kier alpha value is -1.91. The Labute approximate surface area is 117 Å². The summed E-state index contributed by atoms with van der Waals surface area (Å²) in [4.78, 5) is 23.1. The maximum atomic E-state index is 13.6. The van der Waals surface area contributed by atoms with Crippen LogP contribution in [0.4, 0.5) is 4.39 Å². The van der Waals surface area contributed by atoms with Gasteiger partial charge in [-0.15, -0.1) is 0 Å². The highest BCUT2D eigenvalue weighted by Crippen LogP contribution is 2.46. The van der Waals surface area contributed by atoms with Gasteiger partial charge in [0, 0.05) is 0 Å². The smallest absolute Gasteiger partial charge is 0.319 e. The lowest BCUT2D eigenvalue weighted by Gasteiger charge is -2.18. The van der Waals surface area contributed by atoms with Gasteiger partial charge in [0.05, 0.1) is 6.04 Å². The number of aliphatic carboxylic acids is 1. The molecule has 1 aromatic rings. The number of carboxylic acid groups (broad SMARTS) is 1. The average Bonchev–Trinajstić information content (AvgIpc) is 3.16. The molecule has 1 fully saturated rings. The van der Waals surface area contributed by atoms with E-state index in [0.29, 0.717) is 24.0 Å². The van der Waals surface area contributed by atoms with Crippen molar-refractivity contribution in [1.82, 2.24) is 5.32 Å². The first kappa shape index (κ1) is 14.5. The second kappa shape index (κ2) is 4.89. The van der Waals surface area contributed by atoms with Crippen LogP contribution in [-0.4, -0.2) is 17.0 Å². The Morgan fingerprint density at radius 3 is 2.20 bits per heavy atom. The summed E-state index contributed by atoms with van der Waals surface area (Å²) in [5.74, 6) is -1.79. The Kier molecular flexibility index (Phi) is 3.54. The van der Waals surface area contributed by atoms with Gasteiger partial charge >= 0.3 is 5.97 Å². The van der Waals surface area contributed by atoms with E-state index < -0.39 is 17.3 Å². The fourth-order valence-electron chi connectivity index (χ4n) is 2.31. The largest absolute Gasteiger partial charge is 0.480 e. The summed E-state index contributed by atoms with van der Waals surface area (Å²) in [7, 11) is 0. The van der Waals surface area contributed by atoms with Gasteiger partial charge in [-0.2, -0.15) is 0 Å². The van der Waals surface area contributed by atoms with Crippen molar-refractivity contribution < 1.29 is 19.1 Å². The van der Waals surface area contributed by atoms with Gasteiger partial charge in [-0.25, -0.2) is 4.39 Å². The maximum absolute atomic E-state index is 13.6. The van der Waals surface area contributed by atoms with E-state index in [4.69, 9.17) is 5.11 Å². The molecule has 20 heavy (non-hydrogen) atoms. The van der Waals surface area contributed by atoms with E-state index in [-0.39, 0.29) is 11.9 Å². The number of nitrogens with one attached hydrogen (secondary N) is 1. The Morgan fingerprint density at radius 2 is 1.80 bits per heavy atom. The lowest BCUT2D eigenvalue weighted by Crippen LogP contribution is -2.38. The molecule has 5 heteroatoms. The summed E-state index contributed by atoms with van der Waals surface area (Å²) in [6.07, 6.45) is 0.755. The molecule has 0 spiro atoms. The Bertz CT molecular complexity index is 555. The summed E-state index contributed by atoms with van der Waals surface area (Å²) in [5, 5.41) is 11.8. The van der Waals surface area contributed by atoms with E-state index in [2.05, 4.69) is 5.32 Å². The van der Waals surface area contributed by atoms with Gasteiger partial charge < -0.3 is 10.4 Å². The van der Waals surface area contributed by atoms with E-state index in [1.807, 2.05) is 0 Å². The zero-order valence-electron chi connectivity index (χ0n) is 11.8. The number of carbonyl (C=O) groups is 2. The topological polar surface area (TPSA) is 66.4 Å². The van der Waals surface area contributed by atoms with Gasteiger partial charge in [-0.1, -0.05) is 12.1 Å². The lowest BCUT2D eigenvalue weighted by molar-refractivity contribution is -0.149. The molecule has 2 N–H and O–H groups in total. The van der Waals surface area contributed by atoms with Gasteiger partial charge in [0.25, 0.3) is 0 Å². The Morgan fingerprint density at radius 1 is 1.30 bits per heavy atom. The van der Waals surface area contributed by atoms with Gasteiger partial charge in [-0.3, -0.25) is 9.59 Å². The molecule has 1 saturated carbocycles. The molecular weight excluding hydrogens is 261 g/mol. The minimum atomic E-state index is -1.25. The number of aryl methyl sites for hydroxylation is 2. The van der Waals surface area contributed by atoms with Gasteiger partial charge in [-0.05, 0) is 50.3 Å². The average molecular weight is 279 g/mol. The zero-order valence-corrected chi connectivity index (χ0v) is 11.8. The highest BCUT2D eigenvalue weighted by molar-refractivity contribution is 6.04. The second-order valence-electron chi connectivity index (χ2n) is 5.55. The first-order valence-corrected chi connectivity index (χ1v) is 6.59. The van der Waals surface area contributed by atoms with E-state index in [0.717, 1.165) is 5.56 Å². The molecule has 0 radical (unpaired) electrons. The number of benzene rings is 1. The van der Waals surface area contributed by atoms with Crippen molar-refractivity contribution in [3.8, 4) is 0 Å². The van der Waals surface area contributed by atoms with Crippen LogP contribution >= 0.6 is 0 Å². The van der Waals surface area contributed by atoms with Crippen molar-refractivity contribution in [1.29, 1.82) is 0 Å². The van der Waals surface area contributed by atoms with Crippen molar-refractivity contribution in [2.45, 2.75) is 39.7 Å². The Balaban J connectivity index is 2.15. The van der Waals surface area contributed by atoms with Gasteiger partial charge in [0.2, 0.25) is 5.91 Å². The van der Waals surface area contributed by atoms with E-state index in [1.54, 1.807) is 32.9 Å². The van der Waals surface area contributed by atoms with Crippen LogP contribution in [0.5, 0.6) is 0 Å². The number of amides is 1. The molecule has 0 bridgehead atoms. The SMILES string of the molecule is Cc1cc([C@H](C)NC(=O)C2(C(=O)O)CC2)cc(C)c1F. The first-order chi connectivity index (χ1) is 9.28. The molecule has 108 valence electrons. The molecule has 0 aliphatic heterocycles. The summed E-state index contributed by atoms with van der Waals surface area (Å²) in [5.41, 5.74) is 0.551. The van der Waals surface area contributed by atoms with Crippen molar-refractivity contribution in [2.75, 3.05) is 0 Å². The molecule has 0 saturated heterocycles. The van der Waals surface area contributed by atoms with Crippen LogP contribution in [0.3, 0.4) is 0 Å². The van der Waals surface area contributed by atoms with E-state index in [9.17, 15) is 14.0 Å². The molecule has 2 rings (SSSR count). The second-order valence-corrected chi connectivity index (χ2v) is 5.55. The third-order valence-electron chi connectivity index (χ3n) is 3.90. The third-order valence-corrected chi connectivity index (χ3v) is 3.90. The van der Waals surface area contributed by atoms with Crippen LogP contribution in [0.15, 0.2) is 12.1 Å². The van der Waals surface area contributed by atoms with Crippen LogP contribution in [0.2, 0.25) is 0 Å². The highest BCUT2D eigenvalue weighted by atomic mass is 19.1. The summed E-state index contributed by atoms with van der Waals surface area (Å²) in [6.45, 7) is 5.10. The minimum Gasteiger partial charge on any atom is -0.480 e. The molecule has 0 unspecified atom stereocenters. The molecule has 1 amide bonds. The zero-order chi connectivity index (χ0) is 15.1. The number of rotatable bonds is 4. The maximum Gasteiger partial charge on any atom is 0.319 e.